The zero-order valence-electron chi connectivity index (χ0n) is 8.47. The van der Waals surface area contributed by atoms with E-state index in [1.165, 1.54) is 0 Å². The molecule has 0 fully saturated rings. The molecular formula is C8H20ClNO2. The lowest BCUT2D eigenvalue weighted by Gasteiger charge is -2.27. The topological polar surface area (TPSA) is 18.5 Å². The Morgan fingerprint density at radius 1 is 1.00 bits per heavy atom. The Labute approximate surface area is 81.6 Å². The first-order chi connectivity index (χ1) is 5.18. The van der Waals surface area contributed by atoms with Crippen molar-refractivity contribution in [3.8, 4) is 0 Å². The summed E-state index contributed by atoms with van der Waals surface area (Å²) in [7, 11) is 1.94. The van der Waals surface area contributed by atoms with Crippen molar-refractivity contribution in [2.45, 2.75) is 27.2 Å². The molecule has 3 nitrogen and oxygen atoms in total. The molecule has 0 amide bonds. The second-order valence-electron chi connectivity index (χ2n) is 2.57. The zero-order valence-corrected chi connectivity index (χ0v) is 9.23. The Balaban J connectivity index is 0. The molecule has 0 spiro atoms. The molecule has 0 unspecified atom stereocenters. The van der Waals surface area contributed by atoms with Crippen LogP contribution in [0.4, 0.5) is 0 Å². The largest absolute Gasteiger partial charge is 1.00 e. The molecule has 0 aliphatic rings. The maximum Gasteiger partial charge on any atom is 0.142 e. The van der Waals surface area contributed by atoms with Gasteiger partial charge in [-0.05, 0) is 25.1 Å². The standard InChI is InChI=1S/C8H20NO2.ClH/c1-5-8-9(4,10-6-2)11-7-3;/h5-8H2,1-4H3;1H/q+1;/p-1. The smallest absolute Gasteiger partial charge is 0.142 e. The summed E-state index contributed by atoms with van der Waals surface area (Å²) in [5, 5.41) is 0. The Morgan fingerprint density at radius 2 is 1.42 bits per heavy atom. The van der Waals surface area contributed by atoms with Crippen LogP contribution < -0.4 is 12.4 Å². The molecule has 0 atom stereocenters. The number of halogens is 1. The average Bonchev–Trinajstić information content (AvgIpc) is 1.88. The third-order valence-corrected chi connectivity index (χ3v) is 1.43. The Morgan fingerprint density at radius 3 is 1.67 bits per heavy atom. The van der Waals surface area contributed by atoms with Gasteiger partial charge in [-0.2, -0.15) is 9.68 Å². The molecule has 0 radical (unpaired) electrons. The van der Waals surface area contributed by atoms with Crippen molar-refractivity contribution in [2.75, 3.05) is 26.8 Å². The van der Waals surface area contributed by atoms with Crippen LogP contribution in [0, 0.1) is 0 Å². The van der Waals surface area contributed by atoms with Crippen LogP contribution in [0.1, 0.15) is 27.2 Å². The number of rotatable bonds is 6. The fourth-order valence-corrected chi connectivity index (χ4v) is 1.12. The molecule has 0 rings (SSSR count). The predicted molar refractivity (Wildman–Crippen MR) is 44.6 cm³/mol. The molecule has 0 N–H and O–H groups in total. The van der Waals surface area contributed by atoms with E-state index in [4.69, 9.17) is 9.68 Å². The Hall–Kier alpha value is 0.170. The van der Waals surface area contributed by atoms with Gasteiger partial charge < -0.3 is 12.4 Å². The monoisotopic (exact) mass is 197 g/mol. The van der Waals surface area contributed by atoms with Crippen LogP contribution in [0.3, 0.4) is 0 Å². The van der Waals surface area contributed by atoms with Crippen molar-refractivity contribution in [1.29, 1.82) is 0 Å². The lowest BCUT2D eigenvalue weighted by Crippen LogP contribution is -3.00. The normalized spacial score (nSPS) is 11.0. The van der Waals surface area contributed by atoms with Gasteiger partial charge in [0.25, 0.3) is 0 Å². The van der Waals surface area contributed by atoms with Crippen molar-refractivity contribution in [2.24, 2.45) is 0 Å². The third-order valence-electron chi connectivity index (χ3n) is 1.43. The maximum absolute atomic E-state index is 5.43. The van der Waals surface area contributed by atoms with E-state index < -0.39 is 0 Å². The summed E-state index contributed by atoms with van der Waals surface area (Å²) in [6.45, 7) is 8.36. The summed E-state index contributed by atoms with van der Waals surface area (Å²) >= 11 is 0. The summed E-state index contributed by atoms with van der Waals surface area (Å²) < 4.78 is 0. The summed E-state index contributed by atoms with van der Waals surface area (Å²) in [5.74, 6) is 0. The van der Waals surface area contributed by atoms with Gasteiger partial charge in [0.05, 0.1) is 0 Å². The van der Waals surface area contributed by atoms with Crippen LogP contribution in [0.25, 0.3) is 0 Å². The highest BCUT2D eigenvalue weighted by Crippen LogP contribution is 2.06. The Bertz CT molecular complexity index is 84.0. The number of hydrogen-bond acceptors (Lipinski definition) is 2. The van der Waals surface area contributed by atoms with Crippen molar-refractivity contribution in [3.63, 3.8) is 0 Å². The maximum atomic E-state index is 5.43. The Kier molecular flexibility index (Phi) is 9.54. The zero-order chi connectivity index (χ0) is 8.74. The van der Waals surface area contributed by atoms with Crippen LogP contribution in [-0.2, 0) is 9.68 Å². The van der Waals surface area contributed by atoms with Gasteiger partial charge in [-0.25, -0.2) is 0 Å². The van der Waals surface area contributed by atoms with E-state index in [9.17, 15) is 0 Å². The number of quaternary nitrogens is 1. The van der Waals surface area contributed by atoms with Gasteiger partial charge in [-0.3, -0.25) is 0 Å². The fourth-order valence-electron chi connectivity index (χ4n) is 1.12. The van der Waals surface area contributed by atoms with E-state index in [0.717, 1.165) is 13.0 Å². The SMILES string of the molecule is CCC[N+](C)(OCC)OCC.[Cl-]. The molecule has 4 heteroatoms. The molecular weight excluding hydrogens is 178 g/mol. The van der Waals surface area contributed by atoms with Gasteiger partial charge in [-0.15, -0.1) is 0 Å². The van der Waals surface area contributed by atoms with Crippen LogP contribution in [-0.4, -0.2) is 31.6 Å². The minimum absolute atomic E-state index is 0. The molecule has 0 aromatic carbocycles. The molecule has 76 valence electrons. The van der Waals surface area contributed by atoms with Crippen molar-refractivity contribution in [1.82, 2.24) is 0 Å². The quantitative estimate of drug-likeness (QED) is 0.392. The molecule has 0 heterocycles. The number of nitrogens with zero attached hydrogens (tertiary/aromatic N) is 1. The first-order valence-electron chi connectivity index (χ1n) is 4.33. The fraction of sp³-hybridized carbons (Fsp3) is 1.00. The second-order valence-corrected chi connectivity index (χ2v) is 2.57. The summed E-state index contributed by atoms with van der Waals surface area (Å²) in [6.07, 6.45) is 1.07. The van der Waals surface area contributed by atoms with Crippen molar-refractivity contribution in [3.05, 3.63) is 0 Å². The second kappa shape index (κ2) is 7.80. The van der Waals surface area contributed by atoms with E-state index >= 15 is 0 Å². The minimum Gasteiger partial charge on any atom is -1.00 e. The lowest BCUT2D eigenvalue weighted by atomic mass is 10.5. The molecule has 0 saturated carbocycles. The van der Waals surface area contributed by atoms with Gasteiger partial charge in [0.1, 0.15) is 26.8 Å². The van der Waals surface area contributed by atoms with Crippen LogP contribution in [0.5, 0.6) is 0 Å². The van der Waals surface area contributed by atoms with E-state index in [0.29, 0.717) is 13.2 Å². The highest BCUT2D eigenvalue weighted by molar-refractivity contribution is 4.17. The number of hydroxylamine groups is 4. The van der Waals surface area contributed by atoms with E-state index in [-0.39, 0.29) is 17.2 Å². The van der Waals surface area contributed by atoms with Gasteiger partial charge in [0, 0.05) is 0 Å². The van der Waals surface area contributed by atoms with Gasteiger partial charge in [0.2, 0.25) is 0 Å². The average molecular weight is 198 g/mol. The summed E-state index contributed by atoms with van der Waals surface area (Å²) in [6, 6.07) is 0. The van der Waals surface area contributed by atoms with Crippen LogP contribution in [0.2, 0.25) is 0 Å². The predicted octanol–water partition coefficient (Wildman–Crippen LogP) is -1.25. The first-order valence-corrected chi connectivity index (χ1v) is 4.33. The molecule has 0 aliphatic heterocycles. The van der Waals surface area contributed by atoms with Crippen molar-refractivity contribution < 1.29 is 26.9 Å². The molecule has 12 heavy (non-hydrogen) atoms. The highest BCUT2D eigenvalue weighted by atomic mass is 35.5. The summed E-state index contributed by atoms with van der Waals surface area (Å²) in [4.78, 5) is 11.1. The third kappa shape index (κ3) is 5.77. The minimum atomic E-state index is 0. The summed E-state index contributed by atoms with van der Waals surface area (Å²) in [5.41, 5.74) is 0. The van der Waals surface area contributed by atoms with Crippen LogP contribution in [0.15, 0.2) is 0 Å². The van der Waals surface area contributed by atoms with E-state index in [1.54, 1.807) is 0 Å². The highest BCUT2D eigenvalue weighted by Gasteiger charge is 2.22. The molecule has 0 aromatic rings. The van der Waals surface area contributed by atoms with Crippen LogP contribution >= 0.6 is 0 Å². The van der Waals surface area contributed by atoms with Gasteiger partial charge in [-0.1, -0.05) is 6.92 Å². The number of hydrogen-bond donors (Lipinski definition) is 0. The van der Waals surface area contributed by atoms with E-state index in [1.807, 2.05) is 20.9 Å². The van der Waals surface area contributed by atoms with Gasteiger partial charge in [0.15, 0.2) is 0 Å². The lowest BCUT2D eigenvalue weighted by molar-refractivity contribution is -1.23. The first kappa shape index (κ1) is 14.7. The van der Waals surface area contributed by atoms with Crippen molar-refractivity contribution >= 4 is 0 Å². The molecule has 0 aromatic heterocycles. The molecule has 0 aliphatic carbocycles. The molecule has 0 saturated heterocycles. The molecule has 0 bridgehead atoms. The van der Waals surface area contributed by atoms with Gasteiger partial charge >= 0.3 is 0 Å². The van der Waals surface area contributed by atoms with E-state index in [2.05, 4.69) is 6.92 Å².